The molecule has 0 amide bonds. The fraction of sp³-hybridized carbons (Fsp3) is 1.00. The van der Waals surface area contributed by atoms with Gasteiger partial charge in [-0.05, 0) is 25.7 Å². The zero-order valence-electron chi connectivity index (χ0n) is 14.5. The molecule has 1 fully saturated rings. The first kappa shape index (κ1) is 18.0. The third-order valence-electron chi connectivity index (χ3n) is 5.24. The molecule has 1 saturated heterocycles. The number of nitrogens with zero attached hydrogens (tertiary/aromatic N) is 1. The number of hydrogen-bond donors (Lipinski definition) is 0. The Morgan fingerprint density at radius 2 is 0.950 bits per heavy atom. The minimum atomic E-state index is 1.37. The minimum Gasteiger partial charge on any atom is -0.324 e. The number of quaternary nitrogens is 1. The molecule has 0 aromatic carbocycles. The van der Waals surface area contributed by atoms with Crippen LogP contribution in [-0.4, -0.2) is 30.7 Å². The van der Waals surface area contributed by atoms with Gasteiger partial charge in [0.25, 0.3) is 0 Å². The van der Waals surface area contributed by atoms with Crippen molar-refractivity contribution in [1.29, 1.82) is 0 Å². The fourth-order valence-corrected chi connectivity index (χ4v) is 3.84. The summed E-state index contributed by atoms with van der Waals surface area (Å²) < 4.78 is 1.49. The Hall–Kier alpha value is -0.0400. The minimum absolute atomic E-state index is 1.37. The van der Waals surface area contributed by atoms with Crippen molar-refractivity contribution in [1.82, 2.24) is 0 Å². The van der Waals surface area contributed by atoms with Gasteiger partial charge in [0.15, 0.2) is 0 Å². The molecular formula is C19H40N+. The monoisotopic (exact) mass is 282 g/mol. The quantitative estimate of drug-likeness (QED) is 0.290. The zero-order chi connectivity index (χ0) is 14.5. The first-order valence-corrected chi connectivity index (χ1v) is 9.68. The Labute approximate surface area is 128 Å². The van der Waals surface area contributed by atoms with Gasteiger partial charge in [-0.1, -0.05) is 58.8 Å². The van der Waals surface area contributed by atoms with Crippen molar-refractivity contribution in [3.8, 4) is 0 Å². The summed E-state index contributed by atoms with van der Waals surface area (Å²) in [6.45, 7) is 10.6. The van der Waals surface area contributed by atoms with Gasteiger partial charge in [-0.15, -0.1) is 0 Å². The zero-order valence-corrected chi connectivity index (χ0v) is 14.5. The van der Waals surface area contributed by atoms with E-state index in [1.54, 1.807) is 0 Å². The molecule has 1 heteroatoms. The van der Waals surface area contributed by atoms with Gasteiger partial charge in [-0.2, -0.15) is 0 Å². The average molecular weight is 283 g/mol. The molecule has 0 unspecified atom stereocenters. The maximum absolute atomic E-state index is 2.31. The van der Waals surface area contributed by atoms with E-state index in [9.17, 15) is 0 Å². The molecule has 1 heterocycles. The Morgan fingerprint density at radius 3 is 1.40 bits per heavy atom. The summed E-state index contributed by atoms with van der Waals surface area (Å²) in [6, 6.07) is 0. The second-order valence-electron chi connectivity index (χ2n) is 7.13. The summed E-state index contributed by atoms with van der Waals surface area (Å²) in [5.41, 5.74) is 0. The Morgan fingerprint density at radius 1 is 0.550 bits per heavy atom. The molecule has 1 nitrogen and oxygen atoms in total. The molecule has 0 spiro atoms. The van der Waals surface area contributed by atoms with E-state index in [1.807, 2.05) is 0 Å². The van der Waals surface area contributed by atoms with Crippen molar-refractivity contribution in [3.63, 3.8) is 0 Å². The third kappa shape index (κ3) is 7.67. The highest BCUT2D eigenvalue weighted by Gasteiger charge is 2.30. The van der Waals surface area contributed by atoms with Crippen LogP contribution in [0.2, 0.25) is 0 Å². The van der Waals surface area contributed by atoms with Crippen LogP contribution in [-0.2, 0) is 0 Å². The van der Waals surface area contributed by atoms with Gasteiger partial charge >= 0.3 is 0 Å². The van der Waals surface area contributed by atoms with E-state index in [2.05, 4.69) is 13.8 Å². The van der Waals surface area contributed by atoms with Crippen molar-refractivity contribution in [2.45, 2.75) is 97.3 Å². The fourth-order valence-electron chi connectivity index (χ4n) is 3.84. The van der Waals surface area contributed by atoms with Crippen molar-refractivity contribution in [3.05, 3.63) is 0 Å². The lowest BCUT2D eigenvalue weighted by atomic mass is 10.1. The van der Waals surface area contributed by atoms with Crippen LogP contribution in [0.4, 0.5) is 0 Å². The summed E-state index contributed by atoms with van der Waals surface area (Å²) in [5.74, 6) is 0. The standard InChI is InChI=1S/C19H40N/c1-3-5-7-9-11-13-17-20(18-14-15-19-20)16-12-10-8-6-4-2/h3-19H2,1-2H3/q+1. The molecular weight excluding hydrogens is 242 g/mol. The van der Waals surface area contributed by atoms with Gasteiger partial charge in [0.05, 0.1) is 26.2 Å². The molecule has 0 saturated carbocycles. The summed E-state index contributed by atoms with van der Waals surface area (Å²) in [7, 11) is 0. The number of likely N-dealkylation sites (tertiary alicyclic amines) is 1. The van der Waals surface area contributed by atoms with E-state index < -0.39 is 0 Å². The molecule has 1 rings (SSSR count). The van der Waals surface area contributed by atoms with Crippen molar-refractivity contribution in [2.24, 2.45) is 0 Å². The predicted molar refractivity (Wildman–Crippen MR) is 91.1 cm³/mol. The molecule has 0 aromatic rings. The van der Waals surface area contributed by atoms with Crippen LogP contribution < -0.4 is 0 Å². The molecule has 0 bridgehead atoms. The maximum Gasteiger partial charge on any atom is 0.0788 e. The van der Waals surface area contributed by atoms with E-state index in [0.29, 0.717) is 0 Å². The Kier molecular flexibility index (Phi) is 10.4. The van der Waals surface area contributed by atoms with Crippen molar-refractivity contribution < 1.29 is 4.48 Å². The average Bonchev–Trinajstić information content (AvgIpc) is 2.92. The van der Waals surface area contributed by atoms with E-state index in [1.165, 1.54) is 114 Å². The first-order chi connectivity index (χ1) is 9.83. The lowest BCUT2D eigenvalue weighted by Gasteiger charge is -2.34. The van der Waals surface area contributed by atoms with Gasteiger partial charge in [-0.3, -0.25) is 0 Å². The normalized spacial score (nSPS) is 17.7. The van der Waals surface area contributed by atoms with Crippen LogP contribution in [0, 0.1) is 0 Å². The predicted octanol–water partition coefficient (Wildman–Crippen LogP) is 5.93. The van der Waals surface area contributed by atoms with Crippen LogP contribution in [0.1, 0.15) is 97.3 Å². The van der Waals surface area contributed by atoms with Gasteiger partial charge < -0.3 is 4.48 Å². The summed E-state index contributed by atoms with van der Waals surface area (Å²) >= 11 is 0. The van der Waals surface area contributed by atoms with E-state index >= 15 is 0 Å². The molecule has 0 aromatic heterocycles. The van der Waals surface area contributed by atoms with E-state index in [-0.39, 0.29) is 0 Å². The van der Waals surface area contributed by atoms with Crippen LogP contribution in [0.5, 0.6) is 0 Å². The lowest BCUT2D eigenvalue weighted by molar-refractivity contribution is -0.917. The molecule has 1 aliphatic heterocycles. The number of unbranched alkanes of at least 4 members (excludes halogenated alkanes) is 9. The largest absolute Gasteiger partial charge is 0.324 e. The van der Waals surface area contributed by atoms with Crippen LogP contribution in [0.15, 0.2) is 0 Å². The van der Waals surface area contributed by atoms with Crippen LogP contribution in [0.25, 0.3) is 0 Å². The molecule has 120 valence electrons. The van der Waals surface area contributed by atoms with Gasteiger partial charge in [-0.25, -0.2) is 0 Å². The second-order valence-corrected chi connectivity index (χ2v) is 7.13. The smallest absolute Gasteiger partial charge is 0.0788 e. The van der Waals surface area contributed by atoms with E-state index in [4.69, 9.17) is 0 Å². The van der Waals surface area contributed by atoms with E-state index in [0.717, 1.165) is 0 Å². The summed E-state index contributed by atoms with van der Waals surface area (Å²) in [4.78, 5) is 0. The highest BCUT2D eigenvalue weighted by Crippen LogP contribution is 2.22. The Balaban J connectivity index is 2.11. The van der Waals surface area contributed by atoms with Gasteiger partial charge in [0.2, 0.25) is 0 Å². The van der Waals surface area contributed by atoms with Crippen LogP contribution in [0.3, 0.4) is 0 Å². The third-order valence-corrected chi connectivity index (χ3v) is 5.24. The highest BCUT2D eigenvalue weighted by molar-refractivity contribution is 4.57. The number of hydrogen-bond acceptors (Lipinski definition) is 0. The topological polar surface area (TPSA) is 0 Å². The molecule has 0 atom stereocenters. The first-order valence-electron chi connectivity index (χ1n) is 9.68. The highest BCUT2D eigenvalue weighted by atomic mass is 15.4. The molecule has 0 aliphatic carbocycles. The molecule has 1 aliphatic rings. The van der Waals surface area contributed by atoms with Crippen molar-refractivity contribution in [2.75, 3.05) is 26.2 Å². The lowest BCUT2D eigenvalue weighted by Crippen LogP contribution is -2.46. The Bertz CT molecular complexity index is 206. The second kappa shape index (κ2) is 11.6. The van der Waals surface area contributed by atoms with Crippen molar-refractivity contribution >= 4 is 0 Å². The molecule has 20 heavy (non-hydrogen) atoms. The maximum atomic E-state index is 2.31. The van der Waals surface area contributed by atoms with Crippen LogP contribution >= 0.6 is 0 Å². The summed E-state index contributed by atoms with van der Waals surface area (Å²) in [5, 5.41) is 0. The SMILES string of the molecule is CCCCCCCC[N+]1(CCCCCCC)CCCC1. The molecule has 0 radical (unpaired) electrons. The van der Waals surface area contributed by atoms with Gasteiger partial charge in [0.1, 0.15) is 0 Å². The molecule has 0 N–H and O–H groups in total. The summed E-state index contributed by atoms with van der Waals surface area (Å²) in [6.07, 6.45) is 18.9. The van der Waals surface area contributed by atoms with Gasteiger partial charge in [0, 0.05) is 12.8 Å². The number of rotatable bonds is 13.